The molecule has 1 amide bonds. The fourth-order valence-electron chi connectivity index (χ4n) is 3.38. The van der Waals surface area contributed by atoms with Crippen molar-refractivity contribution in [3.63, 3.8) is 0 Å². The number of ether oxygens (including phenoxy) is 1. The number of nitrogens with zero attached hydrogens (tertiary/aromatic N) is 4. The maximum absolute atomic E-state index is 12.4. The van der Waals surface area contributed by atoms with E-state index in [9.17, 15) is 9.59 Å². The second-order valence-corrected chi connectivity index (χ2v) is 6.33. The first-order chi connectivity index (χ1) is 12.1. The monoisotopic (exact) mass is 344 g/mol. The van der Waals surface area contributed by atoms with Gasteiger partial charge in [0, 0.05) is 19.1 Å². The minimum Gasteiger partial charge on any atom is -0.452 e. The number of benzene rings is 1. The number of carbonyl (C=O) groups excluding carboxylic acids is 2. The molecule has 0 radical (unpaired) electrons. The normalized spacial score (nSPS) is 17.7. The Balaban J connectivity index is 1.63. The third kappa shape index (κ3) is 3.65. The first-order valence-electron chi connectivity index (χ1n) is 8.93. The molecule has 0 bridgehead atoms. The van der Waals surface area contributed by atoms with Gasteiger partial charge in [-0.2, -0.15) is 0 Å². The molecule has 2 heterocycles. The van der Waals surface area contributed by atoms with Crippen LogP contribution in [-0.4, -0.2) is 51.0 Å². The van der Waals surface area contributed by atoms with Gasteiger partial charge in [-0.25, -0.2) is 9.48 Å². The lowest BCUT2D eigenvalue weighted by Crippen LogP contribution is -2.45. The van der Waals surface area contributed by atoms with Crippen molar-refractivity contribution in [3.8, 4) is 0 Å². The number of rotatable bonds is 5. The molecule has 1 aliphatic rings. The maximum atomic E-state index is 12.4. The predicted octanol–water partition coefficient (Wildman–Crippen LogP) is 2.40. The SMILES string of the molecule is CCC1CCCCN1C(=O)COC(=O)c1ccc2c(c1)nnn2CC. The first kappa shape index (κ1) is 17.4. The van der Waals surface area contributed by atoms with Gasteiger partial charge in [0.15, 0.2) is 6.61 Å². The Morgan fingerprint density at radius 3 is 2.88 bits per heavy atom. The molecule has 0 N–H and O–H groups in total. The molecule has 1 aliphatic heterocycles. The van der Waals surface area contributed by atoms with Gasteiger partial charge in [-0.15, -0.1) is 5.10 Å². The van der Waals surface area contributed by atoms with Crippen LogP contribution in [0.15, 0.2) is 18.2 Å². The van der Waals surface area contributed by atoms with Crippen molar-refractivity contribution in [2.75, 3.05) is 13.2 Å². The summed E-state index contributed by atoms with van der Waals surface area (Å²) in [5, 5.41) is 8.07. The van der Waals surface area contributed by atoms with E-state index in [2.05, 4.69) is 17.2 Å². The van der Waals surface area contributed by atoms with Gasteiger partial charge in [0.2, 0.25) is 0 Å². The predicted molar refractivity (Wildman–Crippen MR) is 93.1 cm³/mol. The molecule has 7 heteroatoms. The maximum Gasteiger partial charge on any atom is 0.338 e. The van der Waals surface area contributed by atoms with Crippen molar-refractivity contribution in [2.45, 2.75) is 52.1 Å². The van der Waals surface area contributed by atoms with Crippen molar-refractivity contribution >= 4 is 22.9 Å². The molecule has 1 fully saturated rings. The van der Waals surface area contributed by atoms with Crippen LogP contribution < -0.4 is 0 Å². The van der Waals surface area contributed by atoms with E-state index in [0.29, 0.717) is 17.6 Å². The number of aryl methyl sites for hydroxylation is 1. The van der Waals surface area contributed by atoms with Crippen LogP contribution in [0.2, 0.25) is 0 Å². The topological polar surface area (TPSA) is 77.3 Å². The second kappa shape index (κ2) is 7.63. The molecule has 1 aromatic heterocycles. The van der Waals surface area contributed by atoms with Crippen LogP contribution in [0, 0.1) is 0 Å². The molecule has 0 saturated carbocycles. The molecule has 1 atom stereocenters. The summed E-state index contributed by atoms with van der Waals surface area (Å²) in [6.07, 6.45) is 4.13. The van der Waals surface area contributed by atoms with E-state index in [0.717, 1.165) is 37.7 Å². The summed E-state index contributed by atoms with van der Waals surface area (Å²) in [4.78, 5) is 26.5. The van der Waals surface area contributed by atoms with Crippen molar-refractivity contribution in [1.82, 2.24) is 19.9 Å². The Labute approximate surface area is 146 Å². The highest BCUT2D eigenvalue weighted by Crippen LogP contribution is 2.20. The zero-order valence-electron chi connectivity index (χ0n) is 14.8. The lowest BCUT2D eigenvalue weighted by Gasteiger charge is -2.35. The van der Waals surface area contributed by atoms with Crippen LogP contribution in [0.4, 0.5) is 0 Å². The minimum atomic E-state index is -0.508. The van der Waals surface area contributed by atoms with E-state index in [-0.39, 0.29) is 18.6 Å². The summed E-state index contributed by atoms with van der Waals surface area (Å²) in [5.41, 5.74) is 1.90. The van der Waals surface area contributed by atoms with E-state index < -0.39 is 5.97 Å². The zero-order valence-corrected chi connectivity index (χ0v) is 14.8. The summed E-state index contributed by atoms with van der Waals surface area (Å²) in [6.45, 7) is 5.31. The molecule has 1 aromatic carbocycles. The molecule has 0 aliphatic carbocycles. The smallest absolute Gasteiger partial charge is 0.338 e. The van der Waals surface area contributed by atoms with Crippen molar-refractivity contribution in [3.05, 3.63) is 23.8 Å². The molecule has 25 heavy (non-hydrogen) atoms. The van der Waals surface area contributed by atoms with Crippen LogP contribution in [0.25, 0.3) is 11.0 Å². The zero-order chi connectivity index (χ0) is 17.8. The Bertz CT molecular complexity index is 771. The third-order valence-corrected chi connectivity index (χ3v) is 4.79. The molecular formula is C18H24N4O3. The largest absolute Gasteiger partial charge is 0.452 e. The van der Waals surface area contributed by atoms with E-state index in [1.165, 1.54) is 0 Å². The van der Waals surface area contributed by atoms with Crippen LogP contribution in [0.3, 0.4) is 0 Å². The fourth-order valence-corrected chi connectivity index (χ4v) is 3.38. The standard InChI is InChI=1S/C18H24N4O3/c1-3-14-7-5-6-10-21(14)17(23)12-25-18(24)13-8-9-16-15(11-13)19-20-22(16)4-2/h8-9,11,14H,3-7,10,12H2,1-2H3. The highest BCUT2D eigenvalue weighted by atomic mass is 16.5. The van der Waals surface area contributed by atoms with Crippen LogP contribution in [0.5, 0.6) is 0 Å². The molecule has 2 aromatic rings. The number of aromatic nitrogens is 3. The number of piperidine rings is 1. The van der Waals surface area contributed by atoms with Crippen molar-refractivity contribution < 1.29 is 14.3 Å². The number of amides is 1. The molecule has 134 valence electrons. The van der Waals surface area contributed by atoms with Gasteiger partial charge in [-0.1, -0.05) is 12.1 Å². The van der Waals surface area contributed by atoms with E-state index in [1.807, 2.05) is 11.8 Å². The van der Waals surface area contributed by atoms with Crippen molar-refractivity contribution in [1.29, 1.82) is 0 Å². The Morgan fingerprint density at radius 1 is 1.28 bits per heavy atom. The van der Waals surface area contributed by atoms with E-state index in [4.69, 9.17) is 4.74 Å². The number of hydrogen-bond acceptors (Lipinski definition) is 5. The van der Waals surface area contributed by atoms with Gasteiger partial charge < -0.3 is 9.64 Å². The minimum absolute atomic E-state index is 0.113. The van der Waals surface area contributed by atoms with Crippen molar-refractivity contribution in [2.24, 2.45) is 0 Å². The van der Waals surface area contributed by atoms with Crippen LogP contribution >= 0.6 is 0 Å². The van der Waals surface area contributed by atoms with Crippen LogP contribution in [-0.2, 0) is 16.1 Å². The van der Waals surface area contributed by atoms with Gasteiger partial charge in [0.05, 0.1) is 11.1 Å². The molecular weight excluding hydrogens is 320 g/mol. The number of hydrogen-bond donors (Lipinski definition) is 0. The summed E-state index contributed by atoms with van der Waals surface area (Å²) in [5.74, 6) is -0.621. The number of carbonyl (C=O) groups is 2. The van der Waals surface area contributed by atoms with Gasteiger partial charge in [0.25, 0.3) is 5.91 Å². The average molecular weight is 344 g/mol. The van der Waals surface area contributed by atoms with E-state index >= 15 is 0 Å². The average Bonchev–Trinajstić information content (AvgIpc) is 3.08. The van der Waals surface area contributed by atoms with Gasteiger partial charge in [-0.3, -0.25) is 4.79 Å². The highest BCUT2D eigenvalue weighted by Gasteiger charge is 2.26. The summed E-state index contributed by atoms with van der Waals surface area (Å²) >= 11 is 0. The lowest BCUT2D eigenvalue weighted by molar-refractivity contribution is -0.138. The quantitative estimate of drug-likeness (QED) is 0.778. The molecule has 1 unspecified atom stereocenters. The second-order valence-electron chi connectivity index (χ2n) is 6.33. The van der Waals surface area contributed by atoms with E-state index in [1.54, 1.807) is 22.9 Å². The molecule has 0 spiro atoms. The lowest BCUT2D eigenvalue weighted by atomic mass is 10.00. The molecule has 3 rings (SSSR count). The summed E-state index contributed by atoms with van der Waals surface area (Å²) in [7, 11) is 0. The molecule has 7 nitrogen and oxygen atoms in total. The highest BCUT2D eigenvalue weighted by molar-refractivity contribution is 5.94. The summed E-state index contributed by atoms with van der Waals surface area (Å²) < 4.78 is 6.99. The van der Waals surface area contributed by atoms with Crippen LogP contribution in [0.1, 0.15) is 49.9 Å². The van der Waals surface area contributed by atoms with Gasteiger partial charge in [-0.05, 0) is 50.8 Å². The first-order valence-corrected chi connectivity index (χ1v) is 8.93. The third-order valence-electron chi connectivity index (χ3n) is 4.79. The number of likely N-dealkylation sites (tertiary alicyclic amines) is 1. The van der Waals surface area contributed by atoms with Gasteiger partial charge >= 0.3 is 5.97 Å². The van der Waals surface area contributed by atoms with Gasteiger partial charge in [0.1, 0.15) is 5.52 Å². The number of fused-ring (bicyclic) bond motifs is 1. The number of esters is 1. The Hall–Kier alpha value is -2.44. The Morgan fingerprint density at radius 2 is 2.12 bits per heavy atom. The fraction of sp³-hybridized carbons (Fsp3) is 0.556. The summed E-state index contributed by atoms with van der Waals surface area (Å²) in [6, 6.07) is 5.40. The Kier molecular flexibility index (Phi) is 5.31. The molecule has 1 saturated heterocycles.